The van der Waals surface area contributed by atoms with E-state index in [1.807, 2.05) is 25.1 Å². The SMILES string of the molecule is Cc1ccc(Br)c(-n2cnnc2Cl)c1. The van der Waals surface area contributed by atoms with Crippen molar-refractivity contribution < 1.29 is 0 Å². The maximum atomic E-state index is 5.87. The molecule has 0 aliphatic rings. The molecule has 72 valence electrons. The third kappa shape index (κ3) is 1.67. The molecule has 0 bridgehead atoms. The zero-order valence-electron chi connectivity index (χ0n) is 7.41. The van der Waals surface area contributed by atoms with E-state index in [-0.39, 0.29) is 0 Å². The fourth-order valence-electron chi connectivity index (χ4n) is 1.19. The Morgan fingerprint density at radius 3 is 2.86 bits per heavy atom. The smallest absolute Gasteiger partial charge is 0.229 e. The van der Waals surface area contributed by atoms with Gasteiger partial charge in [0.05, 0.1) is 5.69 Å². The molecule has 1 aromatic heterocycles. The molecule has 0 atom stereocenters. The fraction of sp³-hybridized carbons (Fsp3) is 0.111. The Morgan fingerprint density at radius 1 is 1.43 bits per heavy atom. The van der Waals surface area contributed by atoms with Crippen molar-refractivity contribution in [1.29, 1.82) is 0 Å². The molecule has 0 radical (unpaired) electrons. The normalized spacial score (nSPS) is 10.5. The molecule has 0 spiro atoms. The van der Waals surface area contributed by atoms with E-state index in [1.54, 1.807) is 10.9 Å². The van der Waals surface area contributed by atoms with Gasteiger partial charge in [0.15, 0.2) is 0 Å². The van der Waals surface area contributed by atoms with Crippen LogP contribution in [0.3, 0.4) is 0 Å². The molecule has 5 heteroatoms. The minimum atomic E-state index is 0.358. The van der Waals surface area contributed by atoms with Crippen LogP contribution in [0.25, 0.3) is 5.69 Å². The quantitative estimate of drug-likeness (QED) is 0.799. The number of benzene rings is 1. The van der Waals surface area contributed by atoms with Gasteiger partial charge in [0.1, 0.15) is 6.33 Å². The van der Waals surface area contributed by atoms with Gasteiger partial charge in [-0.25, -0.2) is 0 Å². The van der Waals surface area contributed by atoms with Gasteiger partial charge in [0, 0.05) is 4.47 Å². The fourth-order valence-corrected chi connectivity index (χ4v) is 1.81. The topological polar surface area (TPSA) is 30.7 Å². The highest BCUT2D eigenvalue weighted by Crippen LogP contribution is 2.24. The third-order valence-electron chi connectivity index (χ3n) is 1.87. The summed E-state index contributed by atoms with van der Waals surface area (Å²) < 4.78 is 2.68. The summed E-state index contributed by atoms with van der Waals surface area (Å²) in [5.41, 5.74) is 2.10. The van der Waals surface area contributed by atoms with Crippen LogP contribution in [0.15, 0.2) is 29.0 Å². The summed E-state index contributed by atoms with van der Waals surface area (Å²) >= 11 is 9.32. The number of aromatic nitrogens is 3. The van der Waals surface area contributed by atoms with Crippen molar-refractivity contribution in [2.75, 3.05) is 0 Å². The lowest BCUT2D eigenvalue weighted by Gasteiger charge is -2.06. The van der Waals surface area contributed by atoms with Crippen LogP contribution in [0.2, 0.25) is 5.28 Å². The van der Waals surface area contributed by atoms with Gasteiger partial charge < -0.3 is 0 Å². The second-order valence-corrected chi connectivity index (χ2v) is 4.12. The third-order valence-corrected chi connectivity index (χ3v) is 2.80. The molecule has 0 unspecified atom stereocenters. The highest BCUT2D eigenvalue weighted by Gasteiger charge is 2.06. The number of aryl methyl sites for hydroxylation is 1. The molecule has 2 rings (SSSR count). The van der Waals surface area contributed by atoms with E-state index < -0.39 is 0 Å². The summed E-state index contributed by atoms with van der Waals surface area (Å²) in [5.74, 6) is 0. The molecule has 0 aliphatic heterocycles. The Labute approximate surface area is 94.9 Å². The van der Waals surface area contributed by atoms with E-state index in [1.165, 1.54) is 0 Å². The summed E-state index contributed by atoms with van der Waals surface area (Å²) in [6, 6.07) is 6.01. The van der Waals surface area contributed by atoms with E-state index in [0.29, 0.717) is 5.28 Å². The Kier molecular flexibility index (Phi) is 2.56. The summed E-state index contributed by atoms with van der Waals surface area (Å²) in [4.78, 5) is 0. The lowest BCUT2D eigenvalue weighted by molar-refractivity contribution is 1.04. The molecule has 2 aromatic rings. The number of hydrogen-bond acceptors (Lipinski definition) is 2. The molecule has 0 N–H and O–H groups in total. The summed E-state index contributed by atoms with van der Waals surface area (Å²) in [6.07, 6.45) is 1.59. The zero-order valence-corrected chi connectivity index (χ0v) is 9.75. The van der Waals surface area contributed by atoms with E-state index >= 15 is 0 Å². The van der Waals surface area contributed by atoms with Crippen molar-refractivity contribution in [2.24, 2.45) is 0 Å². The van der Waals surface area contributed by atoms with Gasteiger partial charge in [0.2, 0.25) is 5.28 Å². The predicted octanol–water partition coefficient (Wildman–Crippen LogP) is 2.99. The van der Waals surface area contributed by atoms with Crippen LogP contribution in [0.5, 0.6) is 0 Å². The molecule has 0 amide bonds. The van der Waals surface area contributed by atoms with Crippen LogP contribution >= 0.6 is 27.5 Å². The largest absolute Gasteiger partial charge is 0.271 e. The average Bonchev–Trinajstić information content (AvgIpc) is 2.56. The minimum Gasteiger partial charge on any atom is -0.271 e. The molecular weight excluding hydrogens is 265 g/mol. The van der Waals surface area contributed by atoms with Crippen LogP contribution in [0, 0.1) is 6.92 Å². The highest BCUT2D eigenvalue weighted by atomic mass is 79.9. The van der Waals surface area contributed by atoms with Crippen molar-refractivity contribution >= 4 is 27.5 Å². The van der Waals surface area contributed by atoms with E-state index in [2.05, 4.69) is 26.1 Å². The zero-order chi connectivity index (χ0) is 10.1. The van der Waals surface area contributed by atoms with Crippen LogP contribution in [-0.2, 0) is 0 Å². The monoisotopic (exact) mass is 271 g/mol. The van der Waals surface area contributed by atoms with Gasteiger partial charge in [-0.15, -0.1) is 10.2 Å². The van der Waals surface area contributed by atoms with E-state index in [9.17, 15) is 0 Å². The Morgan fingerprint density at radius 2 is 2.21 bits per heavy atom. The molecule has 0 saturated heterocycles. The molecule has 14 heavy (non-hydrogen) atoms. The van der Waals surface area contributed by atoms with Crippen LogP contribution in [0.1, 0.15) is 5.56 Å². The molecule has 1 aromatic carbocycles. The van der Waals surface area contributed by atoms with Gasteiger partial charge in [-0.1, -0.05) is 6.07 Å². The van der Waals surface area contributed by atoms with Gasteiger partial charge >= 0.3 is 0 Å². The maximum absolute atomic E-state index is 5.87. The van der Waals surface area contributed by atoms with Gasteiger partial charge in [-0.05, 0) is 52.2 Å². The predicted molar refractivity (Wildman–Crippen MR) is 58.8 cm³/mol. The first-order valence-corrected chi connectivity index (χ1v) is 5.17. The van der Waals surface area contributed by atoms with Crippen molar-refractivity contribution in [2.45, 2.75) is 6.92 Å². The second kappa shape index (κ2) is 3.71. The molecule has 0 saturated carbocycles. The number of rotatable bonds is 1. The summed E-state index contributed by atoms with van der Waals surface area (Å²) in [7, 11) is 0. The minimum absolute atomic E-state index is 0.358. The maximum Gasteiger partial charge on any atom is 0.229 e. The van der Waals surface area contributed by atoms with Gasteiger partial charge in [-0.3, -0.25) is 4.57 Å². The second-order valence-electron chi connectivity index (χ2n) is 2.92. The first kappa shape index (κ1) is 9.68. The first-order valence-electron chi connectivity index (χ1n) is 4.00. The summed E-state index contributed by atoms with van der Waals surface area (Å²) in [5, 5.41) is 7.81. The van der Waals surface area contributed by atoms with Crippen molar-refractivity contribution in [3.8, 4) is 5.69 Å². The van der Waals surface area contributed by atoms with Crippen LogP contribution in [0.4, 0.5) is 0 Å². The van der Waals surface area contributed by atoms with Gasteiger partial charge in [0.25, 0.3) is 0 Å². The molecule has 0 fully saturated rings. The Balaban J connectivity index is 2.62. The Bertz CT molecular complexity index is 467. The summed E-state index contributed by atoms with van der Waals surface area (Å²) in [6.45, 7) is 2.02. The number of nitrogens with zero attached hydrogens (tertiary/aromatic N) is 3. The molecule has 0 aliphatic carbocycles. The number of hydrogen-bond donors (Lipinski definition) is 0. The standard InChI is InChI=1S/C9H7BrClN3/c1-6-2-3-7(10)8(4-6)14-5-12-13-9(14)11/h2-5H,1H3. The highest BCUT2D eigenvalue weighted by molar-refractivity contribution is 9.10. The molecule has 3 nitrogen and oxygen atoms in total. The number of halogens is 2. The first-order chi connectivity index (χ1) is 6.68. The van der Waals surface area contributed by atoms with Crippen molar-refractivity contribution in [3.63, 3.8) is 0 Å². The van der Waals surface area contributed by atoms with E-state index in [0.717, 1.165) is 15.7 Å². The van der Waals surface area contributed by atoms with Crippen LogP contribution in [-0.4, -0.2) is 14.8 Å². The lowest BCUT2D eigenvalue weighted by Crippen LogP contribution is -1.94. The van der Waals surface area contributed by atoms with Crippen LogP contribution < -0.4 is 0 Å². The van der Waals surface area contributed by atoms with Crippen molar-refractivity contribution in [1.82, 2.24) is 14.8 Å². The molecular formula is C9H7BrClN3. The molecule has 1 heterocycles. The van der Waals surface area contributed by atoms with E-state index in [4.69, 9.17) is 11.6 Å². The van der Waals surface area contributed by atoms with Gasteiger partial charge in [-0.2, -0.15) is 0 Å². The van der Waals surface area contributed by atoms with Crippen molar-refractivity contribution in [3.05, 3.63) is 39.8 Å². The Hall–Kier alpha value is -0.870. The average molecular weight is 273 g/mol. The lowest BCUT2D eigenvalue weighted by atomic mass is 10.2.